The van der Waals surface area contributed by atoms with Crippen molar-refractivity contribution >= 4 is 11.8 Å². The van der Waals surface area contributed by atoms with Gasteiger partial charge in [0.25, 0.3) is 0 Å². The summed E-state index contributed by atoms with van der Waals surface area (Å²) in [5.74, 6) is -0.191. The normalized spacial score (nSPS) is 11.8. The summed E-state index contributed by atoms with van der Waals surface area (Å²) in [6, 6.07) is 5.14. The van der Waals surface area contributed by atoms with Gasteiger partial charge in [0.2, 0.25) is 0 Å². The highest BCUT2D eigenvalue weighted by atomic mass is 32.2. The zero-order valence-corrected chi connectivity index (χ0v) is 8.91. The molecule has 72 valence electrons. The molecule has 0 aliphatic heterocycles. The molecule has 3 heteroatoms. The molecule has 0 spiro atoms. The fourth-order valence-electron chi connectivity index (χ4n) is 1.07. The van der Waals surface area contributed by atoms with Gasteiger partial charge in [-0.05, 0) is 37.8 Å². The van der Waals surface area contributed by atoms with Crippen molar-refractivity contribution in [3.8, 4) is 0 Å². The van der Waals surface area contributed by atoms with Gasteiger partial charge in [-0.25, -0.2) is 4.39 Å². The van der Waals surface area contributed by atoms with Gasteiger partial charge in [0.05, 0.1) is 0 Å². The van der Waals surface area contributed by atoms with E-state index in [9.17, 15) is 4.39 Å². The zero-order chi connectivity index (χ0) is 10.1. The Labute approximate surface area is 82.5 Å². The maximum atomic E-state index is 13.3. The Morgan fingerprint density at radius 1 is 1.38 bits per heavy atom. The lowest BCUT2D eigenvalue weighted by Gasteiger charge is -2.19. The molecule has 1 rings (SSSR count). The highest BCUT2D eigenvalue weighted by Crippen LogP contribution is 2.24. The Balaban J connectivity index is 3.10. The summed E-state index contributed by atoms with van der Waals surface area (Å²) < 4.78 is 13.3. The fraction of sp³-hybridized carbons (Fsp3) is 0.400. The summed E-state index contributed by atoms with van der Waals surface area (Å²) in [6.07, 6.45) is 1.85. The van der Waals surface area contributed by atoms with Crippen molar-refractivity contribution in [1.82, 2.24) is 0 Å². The van der Waals surface area contributed by atoms with Gasteiger partial charge >= 0.3 is 0 Å². The molecule has 13 heavy (non-hydrogen) atoms. The van der Waals surface area contributed by atoms with E-state index >= 15 is 0 Å². The Kier molecular flexibility index (Phi) is 2.98. The van der Waals surface area contributed by atoms with Crippen LogP contribution in [0.4, 0.5) is 4.39 Å². The first kappa shape index (κ1) is 10.5. The van der Waals surface area contributed by atoms with Gasteiger partial charge < -0.3 is 5.73 Å². The lowest BCUT2D eigenvalue weighted by molar-refractivity contribution is 0.538. The minimum atomic E-state index is -0.474. The van der Waals surface area contributed by atoms with Crippen molar-refractivity contribution in [1.29, 1.82) is 0 Å². The molecule has 0 aliphatic carbocycles. The molecule has 0 atom stereocenters. The Morgan fingerprint density at radius 3 is 2.38 bits per heavy atom. The van der Waals surface area contributed by atoms with Crippen molar-refractivity contribution in [3.63, 3.8) is 0 Å². The van der Waals surface area contributed by atoms with Crippen LogP contribution in [0.3, 0.4) is 0 Å². The summed E-state index contributed by atoms with van der Waals surface area (Å²) in [5.41, 5.74) is 6.19. The predicted molar refractivity (Wildman–Crippen MR) is 55.4 cm³/mol. The summed E-state index contributed by atoms with van der Waals surface area (Å²) in [5, 5.41) is 0. The van der Waals surface area contributed by atoms with E-state index in [1.54, 1.807) is 6.07 Å². The first-order chi connectivity index (χ1) is 5.95. The van der Waals surface area contributed by atoms with Crippen molar-refractivity contribution in [3.05, 3.63) is 29.6 Å². The van der Waals surface area contributed by atoms with Crippen molar-refractivity contribution < 1.29 is 4.39 Å². The van der Waals surface area contributed by atoms with Crippen LogP contribution in [0.15, 0.2) is 23.1 Å². The van der Waals surface area contributed by atoms with Crippen LogP contribution in [0.5, 0.6) is 0 Å². The van der Waals surface area contributed by atoms with Crippen LogP contribution < -0.4 is 5.73 Å². The molecule has 2 N–H and O–H groups in total. The number of nitrogens with two attached hydrogens (primary N) is 1. The highest BCUT2D eigenvalue weighted by molar-refractivity contribution is 7.98. The third-order valence-electron chi connectivity index (χ3n) is 1.90. The van der Waals surface area contributed by atoms with Gasteiger partial charge in [0, 0.05) is 10.4 Å². The number of halogens is 1. The molecule has 0 bridgehead atoms. The minimum absolute atomic E-state index is 0.191. The molecule has 1 nitrogen and oxygen atoms in total. The van der Waals surface area contributed by atoms with Crippen LogP contribution in [0.1, 0.15) is 19.4 Å². The number of thioether (sulfide) groups is 1. The van der Waals surface area contributed by atoms with E-state index in [1.165, 1.54) is 17.8 Å². The molecule has 0 heterocycles. The molecule has 1 aromatic rings. The van der Waals surface area contributed by atoms with Gasteiger partial charge in [-0.15, -0.1) is 11.8 Å². The average molecular weight is 199 g/mol. The second-order valence-corrected chi connectivity index (χ2v) is 4.42. The smallest absolute Gasteiger partial charge is 0.137 e. The monoisotopic (exact) mass is 199 g/mol. The van der Waals surface area contributed by atoms with Crippen LogP contribution in [0.2, 0.25) is 0 Å². The number of rotatable bonds is 2. The minimum Gasteiger partial charge on any atom is -0.322 e. The van der Waals surface area contributed by atoms with Crippen LogP contribution >= 0.6 is 11.8 Å². The largest absolute Gasteiger partial charge is 0.322 e. The number of hydrogen-bond acceptors (Lipinski definition) is 2. The lowest BCUT2D eigenvalue weighted by Crippen LogP contribution is -2.28. The second kappa shape index (κ2) is 3.68. The Hall–Kier alpha value is -0.540. The molecular formula is C10H14FNS. The molecule has 0 amide bonds. The van der Waals surface area contributed by atoms with E-state index in [-0.39, 0.29) is 5.82 Å². The number of hydrogen-bond donors (Lipinski definition) is 1. The molecule has 0 aromatic heterocycles. The first-order valence-corrected chi connectivity index (χ1v) is 5.30. The molecule has 0 aliphatic rings. The topological polar surface area (TPSA) is 26.0 Å². The van der Waals surface area contributed by atoms with Gasteiger partial charge in [-0.3, -0.25) is 0 Å². The second-order valence-electron chi connectivity index (χ2n) is 3.57. The Morgan fingerprint density at radius 2 is 2.00 bits per heavy atom. The van der Waals surface area contributed by atoms with Gasteiger partial charge in [0.1, 0.15) is 5.82 Å². The van der Waals surface area contributed by atoms with E-state index in [2.05, 4.69) is 0 Å². The standard InChI is InChI=1S/C10H14FNS/c1-10(2,12)7-4-5-9(13-3)8(11)6-7/h4-6H,12H2,1-3H3. The van der Waals surface area contributed by atoms with E-state index in [4.69, 9.17) is 5.73 Å². The van der Waals surface area contributed by atoms with Crippen molar-refractivity contribution in [2.45, 2.75) is 24.3 Å². The maximum Gasteiger partial charge on any atom is 0.137 e. The van der Waals surface area contributed by atoms with Crippen molar-refractivity contribution in [2.24, 2.45) is 5.73 Å². The quantitative estimate of drug-likeness (QED) is 0.741. The number of benzene rings is 1. The predicted octanol–water partition coefficient (Wildman–Crippen LogP) is 2.74. The van der Waals surface area contributed by atoms with Crippen LogP contribution in [0.25, 0.3) is 0 Å². The van der Waals surface area contributed by atoms with E-state index in [0.29, 0.717) is 4.90 Å². The van der Waals surface area contributed by atoms with Crippen molar-refractivity contribution in [2.75, 3.05) is 6.26 Å². The van der Waals surface area contributed by atoms with E-state index in [1.807, 2.05) is 26.2 Å². The maximum absolute atomic E-state index is 13.3. The summed E-state index contributed by atoms with van der Waals surface area (Å²) in [6.45, 7) is 3.72. The molecule has 0 radical (unpaired) electrons. The van der Waals surface area contributed by atoms with Gasteiger partial charge in [-0.1, -0.05) is 6.07 Å². The van der Waals surface area contributed by atoms with Gasteiger partial charge in [-0.2, -0.15) is 0 Å². The van der Waals surface area contributed by atoms with Gasteiger partial charge in [0.15, 0.2) is 0 Å². The molecule has 0 saturated carbocycles. The van der Waals surface area contributed by atoms with Crippen LogP contribution in [0, 0.1) is 5.82 Å². The lowest BCUT2D eigenvalue weighted by atomic mass is 9.96. The molecule has 0 saturated heterocycles. The van der Waals surface area contributed by atoms with Crippen LogP contribution in [-0.2, 0) is 5.54 Å². The average Bonchev–Trinajstić information content (AvgIpc) is 2.02. The summed E-state index contributed by atoms with van der Waals surface area (Å²) >= 11 is 1.40. The van der Waals surface area contributed by atoms with E-state index in [0.717, 1.165) is 5.56 Å². The molecule has 0 fully saturated rings. The zero-order valence-electron chi connectivity index (χ0n) is 8.10. The summed E-state index contributed by atoms with van der Waals surface area (Å²) in [7, 11) is 0. The van der Waals surface area contributed by atoms with E-state index < -0.39 is 5.54 Å². The highest BCUT2D eigenvalue weighted by Gasteiger charge is 2.15. The van der Waals surface area contributed by atoms with Crippen LogP contribution in [-0.4, -0.2) is 6.26 Å². The molecule has 0 unspecified atom stereocenters. The third kappa shape index (κ3) is 2.45. The summed E-state index contributed by atoms with van der Waals surface area (Å²) in [4.78, 5) is 0.660. The molecule has 1 aromatic carbocycles. The molecular weight excluding hydrogens is 185 g/mol. The fourth-order valence-corrected chi connectivity index (χ4v) is 1.53. The first-order valence-electron chi connectivity index (χ1n) is 4.08. The third-order valence-corrected chi connectivity index (χ3v) is 2.67. The SMILES string of the molecule is CSc1ccc(C(C)(C)N)cc1F. The Bertz CT molecular complexity index is 304.